The standard InChI is InChI=1S/C21H28N4O3/c1-2-3-11-25-20(26)9-8-19(23-25)21(27)22-18-6-4-17(5-7-18)10-12-24-13-15-28-16-14-24/h4-9H,2-3,10-16H2,1H3,(H,22,27). The number of rotatable bonds is 8. The van der Waals surface area contributed by atoms with Crippen molar-refractivity contribution in [1.29, 1.82) is 0 Å². The van der Waals surface area contributed by atoms with Crippen LogP contribution in [-0.4, -0.2) is 53.4 Å². The summed E-state index contributed by atoms with van der Waals surface area (Å²) in [7, 11) is 0. The number of anilines is 1. The van der Waals surface area contributed by atoms with Gasteiger partial charge in [-0.3, -0.25) is 14.5 Å². The average Bonchev–Trinajstić information content (AvgIpc) is 2.73. The van der Waals surface area contributed by atoms with Crippen LogP contribution in [0.2, 0.25) is 0 Å². The van der Waals surface area contributed by atoms with Gasteiger partial charge in [0, 0.05) is 37.9 Å². The SMILES string of the molecule is CCCCn1nc(C(=O)Nc2ccc(CCN3CCOCC3)cc2)ccc1=O. The van der Waals surface area contributed by atoms with Crippen LogP contribution in [0.4, 0.5) is 5.69 Å². The van der Waals surface area contributed by atoms with E-state index in [1.807, 2.05) is 31.2 Å². The van der Waals surface area contributed by atoms with Gasteiger partial charge in [0.1, 0.15) is 5.69 Å². The molecule has 1 N–H and O–H groups in total. The Morgan fingerprint density at radius 1 is 1.11 bits per heavy atom. The van der Waals surface area contributed by atoms with E-state index in [0.29, 0.717) is 12.2 Å². The molecular formula is C21H28N4O3. The molecule has 1 fully saturated rings. The number of amides is 1. The molecule has 2 heterocycles. The monoisotopic (exact) mass is 384 g/mol. The Morgan fingerprint density at radius 3 is 2.57 bits per heavy atom. The van der Waals surface area contributed by atoms with Gasteiger partial charge in [-0.1, -0.05) is 25.5 Å². The Bertz CT molecular complexity index is 826. The summed E-state index contributed by atoms with van der Waals surface area (Å²) in [6.07, 6.45) is 2.78. The lowest BCUT2D eigenvalue weighted by Crippen LogP contribution is -2.37. The van der Waals surface area contributed by atoms with E-state index in [1.54, 1.807) is 0 Å². The van der Waals surface area contributed by atoms with Crippen LogP contribution in [0.1, 0.15) is 35.8 Å². The van der Waals surface area contributed by atoms with Gasteiger partial charge >= 0.3 is 0 Å². The minimum Gasteiger partial charge on any atom is -0.379 e. The highest BCUT2D eigenvalue weighted by atomic mass is 16.5. The molecule has 28 heavy (non-hydrogen) atoms. The van der Waals surface area contributed by atoms with Crippen LogP contribution in [0.5, 0.6) is 0 Å². The topological polar surface area (TPSA) is 76.5 Å². The first-order chi connectivity index (χ1) is 13.7. The summed E-state index contributed by atoms with van der Waals surface area (Å²) >= 11 is 0. The summed E-state index contributed by atoms with van der Waals surface area (Å²) in [4.78, 5) is 26.7. The Hall–Kier alpha value is -2.51. The summed E-state index contributed by atoms with van der Waals surface area (Å²) in [5.41, 5.74) is 2.01. The molecule has 0 bridgehead atoms. The fraction of sp³-hybridized carbons (Fsp3) is 0.476. The average molecular weight is 384 g/mol. The van der Waals surface area contributed by atoms with Gasteiger partial charge in [0.2, 0.25) is 0 Å². The number of ether oxygens (including phenoxy) is 1. The van der Waals surface area contributed by atoms with Gasteiger partial charge in [0.25, 0.3) is 11.5 Å². The number of benzene rings is 1. The van der Waals surface area contributed by atoms with Crippen molar-refractivity contribution in [2.75, 3.05) is 38.2 Å². The van der Waals surface area contributed by atoms with E-state index < -0.39 is 0 Å². The van der Waals surface area contributed by atoms with Crippen LogP contribution in [0, 0.1) is 0 Å². The van der Waals surface area contributed by atoms with Crippen molar-refractivity contribution in [3.05, 3.63) is 58.0 Å². The van der Waals surface area contributed by atoms with Crippen molar-refractivity contribution in [2.45, 2.75) is 32.7 Å². The summed E-state index contributed by atoms with van der Waals surface area (Å²) in [5.74, 6) is -0.314. The Kier molecular flexibility index (Phi) is 7.33. The van der Waals surface area contributed by atoms with Crippen molar-refractivity contribution in [1.82, 2.24) is 14.7 Å². The zero-order valence-electron chi connectivity index (χ0n) is 16.4. The normalized spacial score (nSPS) is 14.8. The van der Waals surface area contributed by atoms with Gasteiger partial charge < -0.3 is 10.1 Å². The molecule has 1 aliphatic heterocycles. The van der Waals surface area contributed by atoms with Crippen molar-refractivity contribution in [2.24, 2.45) is 0 Å². The van der Waals surface area contributed by atoms with Crippen molar-refractivity contribution in [3.8, 4) is 0 Å². The summed E-state index contributed by atoms with van der Waals surface area (Å²) in [5, 5.41) is 7.03. The van der Waals surface area contributed by atoms with Crippen LogP contribution >= 0.6 is 0 Å². The number of aryl methyl sites for hydroxylation is 1. The molecular weight excluding hydrogens is 356 g/mol. The predicted octanol–water partition coefficient (Wildman–Crippen LogP) is 2.17. The van der Waals surface area contributed by atoms with E-state index in [4.69, 9.17) is 4.74 Å². The van der Waals surface area contributed by atoms with Crippen LogP contribution in [0.25, 0.3) is 0 Å². The van der Waals surface area contributed by atoms with Gasteiger partial charge in [-0.15, -0.1) is 0 Å². The van der Waals surface area contributed by atoms with Gasteiger partial charge in [0.15, 0.2) is 0 Å². The van der Waals surface area contributed by atoms with E-state index in [1.165, 1.54) is 22.4 Å². The molecule has 150 valence electrons. The first kappa shape index (κ1) is 20.2. The molecule has 1 saturated heterocycles. The molecule has 7 nitrogen and oxygen atoms in total. The highest BCUT2D eigenvalue weighted by Gasteiger charge is 2.11. The molecule has 0 radical (unpaired) electrons. The fourth-order valence-electron chi connectivity index (χ4n) is 3.10. The number of carbonyl (C=O) groups is 1. The first-order valence-electron chi connectivity index (χ1n) is 9.94. The summed E-state index contributed by atoms with van der Waals surface area (Å²) in [6.45, 7) is 7.18. The lowest BCUT2D eigenvalue weighted by molar-refractivity contribution is 0.0384. The predicted molar refractivity (Wildman–Crippen MR) is 109 cm³/mol. The molecule has 7 heteroatoms. The maximum atomic E-state index is 12.5. The van der Waals surface area contributed by atoms with Crippen molar-refractivity contribution in [3.63, 3.8) is 0 Å². The number of morpholine rings is 1. The number of unbranched alkanes of at least 4 members (excludes halogenated alkanes) is 1. The quantitative estimate of drug-likeness (QED) is 0.755. The van der Waals surface area contributed by atoms with Crippen LogP contribution < -0.4 is 10.9 Å². The molecule has 0 saturated carbocycles. The third-order valence-corrected chi connectivity index (χ3v) is 4.85. The smallest absolute Gasteiger partial charge is 0.276 e. The summed E-state index contributed by atoms with van der Waals surface area (Å²) in [6, 6.07) is 10.7. The van der Waals surface area contributed by atoms with Crippen molar-refractivity contribution >= 4 is 11.6 Å². The second-order valence-corrected chi connectivity index (χ2v) is 6.99. The third-order valence-electron chi connectivity index (χ3n) is 4.85. The summed E-state index contributed by atoms with van der Waals surface area (Å²) < 4.78 is 6.72. The molecule has 2 aromatic rings. The molecule has 0 aliphatic carbocycles. The highest BCUT2D eigenvalue weighted by molar-refractivity contribution is 6.02. The second-order valence-electron chi connectivity index (χ2n) is 6.99. The van der Waals surface area contributed by atoms with E-state index in [2.05, 4.69) is 15.3 Å². The Balaban J connectivity index is 1.56. The third kappa shape index (κ3) is 5.74. The molecule has 1 amide bonds. The molecule has 0 spiro atoms. The Labute approximate surface area is 165 Å². The van der Waals surface area contributed by atoms with E-state index in [9.17, 15) is 9.59 Å². The lowest BCUT2D eigenvalue weighted by Gasteiger charge is -2.26. The number of carbonyl (C=O) groups excluding carboxylic acids is 1. The number of hydrogen-bond acceptors (Lipinski definition) is 5. The molecule has 1 aromatic carbocycles. The molecule has 0 unspecified atom stereocenters. The zero-order valence-corrected chi connectivity index (χ0v) is 16.4. The van der Waals surface area contributed by atoms with E-state index in [-0.39, 0.29) is 17.2 Å². The maximum Gasteiger partial charge on any atom is 0.276 e. The lowest BCUT2D eigenvalue weighted by atomic mass is 10.1. The fourth-order valence-corrected chi connectivity index (χ4v) is 3.10. The first-order valence-corrected chi connectivity index (χ1v) is 9.94. The second kappa shape index (κ2) is 10.1. The molecule has 1 aliphatic rings. The molecule has 1 aromatic heterocycles. The van der Waals surface area contributed by atoms with Gasteiger partial charge in [-0.05, 0) is 36.6 Å². The van der Waals surface area contributed by atoms with E-state index >= 15 is 0 Å². The maximum absolute atomic E-state index is 12.5. The van der Waals surface area contributed by atoms with Crippen LogP contribution in [0.3, 0.4) is 0 Å². The number of nitrogens with one attached hydrogen (secondary N) is 1. The van der Waals surface area contributed by atoms with Gasteiger partial charge in [0.05, 0.1) is 13.2 Å². The van der Waals surface area contributed by atoms with Crippen LogP contribution in [-0.2, 0) is 17.7 Å². The number of nitrogens with zero attached hydrogens (tertiary/aromatic N) is 3. The van der Waals surface area contributed by atoms with Crippen LogP contribution in [0.15, 0.2) is 41.2 Å². The molecule has 3 rings (SSSR count). The number of hydrogen-bond donors (Lipinski definition) is 1. The van der Waals surface area contributed by atoms with Gasteiger partial charge in [-0.2, -0.15) is 5.10 Å². The highest BCUT2D eigenvalue weighted by Crippen LogP contribution is 2.12. The molecule has 0 atom stereocenters. The van der Waals surface area contributed by atoms with Gasteiger partial charge in [-0.25, -0.2) is 4.68 Å². The number of aromatic nitrogens is 2. The Morgan fingerprint density at radius 2 is 1.86 bits per heavy atom. The van der Waals surface area contributed by atoms with Crippen molar-refractivity contribution < 1.29 is 9.53 Å². The van der Waals surface area contributed by atoms with E-state index in [0.717, 1.165) is 52.1 Å². The minimum atomic E-state index is -0.314. The minimum absolute atomic E-state index is 0.186. The zero-order chi connectivity index (χ0) is 19.8. The largest absolute Gasteiger partial charge is 0.379 e.